The van der Waals surface area contributed by atoms with Gasteiger partial charge in [0.15, 0.2) is 0 Å². The number of benzene rings is 1. The van der Waals surface area contributed by atoms with Gasteiger partial charge in [0.1, 0.15) is 5.02 Å². The number of fused-ring (bicyclic) bond motifs is 1. The smallest absolute Gasteiger partial charge is 0.258 e. The lowest BCUT2D eigenvalue weighted by Crippen LogP contribution is -1.89. The quantitative estimate of drug-likeness (QED) is 0.535. The first kappa shape index (κ1) is 8.90. The van der Waals surface area contributed by atoms with E-state index in [1.54, 1.807) is 18.3 Å². The molecule has 0 spiro atoms. The maximum atomic E-state index is 10.6. The maximum Gasteiger partial charge on any atom is 0.288 e. The van der Waals surface area contributed by atoms with E-state index in [-0.39, 0.29) is 10.7 Å². The number of pyridine rings is 1. The highest BCUT2D eigenvalue weighted by Crippen LogP contribution is 2.28. The molecule has 0 fully saturated rings. The van der Waals surface area contributed by atoms with Gasteiger partial charge in [0, 0.05) is 17.6 Å². The number of nitro benzene ring substituents is 1. The van der Waals surface area contributed by atoms with Crippen LogP contribution in [0.25, 0.3) is 10.9 Å². The van der Waals surface area contributed by atoms with Gasteiger partial charge in [-0.25, -0.2) is 0 Å². The molecule has 1 aromatic carbocycles. The summed E-state index contributed by atoms with van der Waals surface area (Å²) in [5, 5.41) is 11.4. The zero-order valence-electron chi connectivity index (χ0n) is 6.98. The molecule has 0 unspecified atom stereocenters. The van der Waals surface area contributed by atoms with E-state index in [0.717, 1.165) is 0 Å². The van der Waals surface area contributed by atoms with Crippen LogP contribution in [0.4, 0.5) is 5.69 Å². The minimum Gasteiger partial charge on any atom is -0.258 e. The third-order valence-corrected chi connectivity index (χ3v) is 2.17. The fourth-order valence-electron chi connectivity index (χ4n) is 1.22. The van der Waals surface area contributed by atoms with E-state index in [4.69, 9.17) is 11.6 Å². The second-order valence-corrected chi connectivity index (χ2v) is 3.16. The molecule has 70 valence electrons. The third-order valence-electron chi connectivity index (χ3n) is 1.87. The maximum absolute atomic E-state index is 10.6. The second-order valence-electron chi connectivity index (χ2n) is 2.76. The van der Waals surface area contributed by atoms with Gasteiger partial charge in [-0.2, -0.15) is 0 Å². The minimum absolute atomic E-state index is 0.0906. The summed E-state index contributed by atoms with van der Waals surface area (Å²) in [6.07, 6.45) is 1.62. The van der Waals surface area contributed by atoms with Gasteiger partial charge in [0.2, 0.25) is 0 Å². The molecule has 0 radical (unpaired) electrons. The Hall–Kier alpha value is -1.68. The monoisotopic (exact) mass is 208 g/mol. The normalized spacial score (nSPS) is 10.4. The van der Waals surface area contributed by atoms with E-state index in [9.17, 15) is 10.1 Å². The number of aromatic nitrogens is 1. The number of halogens is 1. The SMILES string of the molecule is O=[N+]([O-])c1cc2cccnc2cc1Cl. The van der Waals surface area contributed by atoms with Crippen LogP contribution in [-0.2, 0) is 0 Å². The van der Waals surface area contributed by atoms with Crippen LogP contribution in [0.3, 0.4) is 0 Å². The summed E-state index contributed by atoms with van der Waals surface area (Å²) in [6, 6.07) is 6.39. The molecule has 0 atom stereocenters. The zero-order chi connectivity index (χ0) is 10.1. The number of nitrogens with zero attached hydrogens (tertiary/aromatic N) is 2. The van der Waals surface area contributed by atoms with Crippen LogP contribution >= 0.6 is 11.6 Å². The molecule has 2 aromatic rings. The first-order valence-electron chi connectivity index (χ1n) is 3.87. The lowest BCUT2D eigenvalue weighted by atomic mass is 10.2. The average molecular weight is 209 g/mol. The summed E-state index contributed by atoms with van der Waals surface area (Å²) in [6.45, 7) is 0. The molecule has 0 saturated heterocycles. The predicted molar refractivity (Wildman–Crippen MR) is 53.4 cm³/mol. The highest BCUT2D eigenvalue weighted by atomic mass is 35.5. The second kappa shape index (κ2) is 3.23. The van der Waals surface area contributed by atoms with Crippen molar-refractivity contribution in [2.24, 2.45) is 0 Å². The molecule has 2 rings (SSSR count). The van der Waals surface area contributed by atoms with E-state index in [2.05, 4.69) is 4.98 Å². The van der Waals surface area contributed by atoms with Crippen LogP contribution in [0.2, 0.25) is 5.02 Å². The molecule has 0 bridgehead atoms. The average Bonchev–Trinajstić information content (AvgIpc) is 2.16. The van der Waals surface area contributed by atoms with Gasteiger partial charge < -0.3 is 0 Å². The minimum atomic E-state index is -0.505. The fraction of sp³-hybridized carbons (Fsp3) is 0. The van der Waals surface area contributed by atoms with Gasteiger partial charge in [0.05, 0.1) is 10.4 Å². The highest BCUT2D eigenvalue weighted by Gasteiger charge is 2.12. The zero-order valence-corrected chi connectivity index (χ0v) is 7.73. The van der Waals surface area contributed by atoms with Gasteiger partial charge in [-0.15, -0.1) is 0 Å². The van der Waals surface area contributed by atoms with Crippen molar-refractivity contribution < 1.29 is 4.92 Å². The highest BCUT2D eigenvalue weighted by molar-refractivity contribution is 6.33. The van der Waals surface area contributed by atoms with Crippen LogP contribution < -0.4 is 0 Å². The third kappa shape index (κ3) is 1.40. The van der Waals surface area contributed by atoms with Crippen molar-refractivity contribution in [3.05, 3.63) is 45.6 Å². The van der Waals surface area contributed by atoms with Crippen molar-refractivity contribution >= 4 is 28.2 Å². The molecule has 5 heteroatoms. The van der Waals surface area contributed by atoms with Crippen LogP contribution in [-0.4, -0.2) is 9.91 Å². The summed E-state index contributed by atoms with van der Waals surface area (Å²) < 4.78 is 0. The van der Waals surface area contributed by atoms with E-state index in [1.807, 2.05) is 0 Å². The number of hydrogen-bond donors (Lipinski definition) is 0. The number of rotatable bonds is 1. The van der Waals surface area contributed by atoms with Gasteiger partial charge in [-0.1, -0.05) is 17.7 Å². The van der Waals surface area contributed by atoms with E-state index >= 15 is 0 Å². The molecule has 1 aromatic heterocycles. The fourth-order valence-corrected chi connectivity index (χ4v) is 1.45. The summed E-state index contributed by atoms with van der Waals surface area (Å²) in [5.41, 5.74) is 0.565. The Labute approximate surface area is 84.3 Å². The van der Waals surface area contributed by atoms with E-state index < -0.39 is 4.92 Å². The topological polar surface area (TPSA) is 56.0 Å². The van der Waals surface area contributed by atoms with Gasteiger partial charge in [-0.3, -0.25) is 15.1 Å². The number of nitro groups is 1. The molecule has 0 N–H and O–H groups in total. The van der Waals surface area contributed by atoms with Crippen molar-refractivity contribution in [1.82, 2.24) is 4.98 Å². The molecule has 0 saturated carbocycles. The molecule has 0 aliphatic heterocycles. The van der Waals surface area contributed by atoms with Crippen molar-refractivity contribution in [2.45, 2.75) is 0 Å². The molecular formula is C9H5ClN2O2. The predicted octanol–water partition coefficient (Wildman–Crippen LogP) is 2.80. The van der Waals surface area contributed by atoms with Gasteiger partial charge in [0.25, 0.3) is 5.69 Å². The molecule has 1 heterocycles. The van der Waals surface area contributed by atoms with Gasteiger partial charge >= 0.3 is 0 Å². The lowest BCUT2D eigenvalue weighted by molar-refractivity contribution is -0.384. The van der Waals surface area contributed by atoms with E-state index in [1.165, 1.54) is 12.1 Å². The Morgan fingerprint density at radius 1 is 1.43 bits per heavy atom. The molecular weight excluding hydrogens is 204 g/mol. The van der Waals surface area contributed by atoms with Crippen molar-refractivity contribution in [2.75, 3.05) is 0 Å². The van der Waals surface area contributed by atoms with Crippen molar-refractivity contribution in [3.8, 4) is 0 Å². The van der Waals surface area contributed by atoms with Crippen LogP contribution in [0.1, 0.15) is 0 Å². The summed E-state index contributed by atoms with van der Waals surface area (Å²) in [7, 11) is 0. The standard InChI is InChI=1S/C9H5ClN2O2/c10-7-5-8-6(2-1-3-11-8)4-9(7)12(13)14/h1-5H. The van der Waals surface area contributed by atoms with E-state index in [0.29, 0.717) is 10.9 Å². The van der Waals surface area contributed by atoms with Crippen LogP contribution in [0, 0.1) is 10.1 Å². The van der Waals surface area contributed by atoms with Crippen LogP contribution in [0.5, 0.6) is 0 Å². The Bertz CT molecular complexity index is 513. The van der Waals surface area contributed by atoms with Crippen molar-refractivity contribution in [1.29, 1.82) is 0 Å². The molecule has 4 nitrogen and oxygen atoms in total. The van der Waals surface area contributed by atoms with Crippen LogP contribution in [0.15, 0.2) is 30.5 Å². The Morgan fingerprint density at radius 2 is 2.21 bits per heavy atom. The lowest BCUT2D eigenvalue weighted by Gasteiger charge is -1.98. The molecule has 0 aliphatic carbocycles. The first-order chi connectivity index (χ1) is 6.68. The molecule has 14 heavy (non-hydrogen) atoms. The summed E-state index contributed by atoms with van der Waals surface area (Å²) in [5.74, 6) is 0. The summed E-state index contributed by atoms with van der Waals surface area (Å²) >= 11 is 5.72. The largest absolute Gasteiger partial charge is 0.288 e. The number of hydrogen-bond acceptors (Lipinski definition) is 3. The van der Waals surface area contributed by atoms with Crippen molar-refractivity contribution in [3.63, 3.8) is 0 Å². The molecule has 0 amide bonds. The first-order valence-corrected chi connectivity index (χ1v) is 4.25. The molecule has 0 aliphatic rings. The van der Waals surface area contributed by atoms with Gasteiger partial charge in [-0.05, 0) is 12.1 Å². The summed E-state index contributed by atoms with van der Waals surface area (Å²) in [4.78, 5) is 14.1. The Kier molecular flexibility index (Phi) is 2.05. The Morgan fingerprint density at radius 3 is 2.93 bits per heavy atom. The Balaban J connectivity index is 2.77.